The lowest BCUT2D eigenvalue weighted by molar-refractivity contribution is -0.134. The summed E-state index contributed by atoms with van der Waals surface area (Å²) in [6, 6.07) is 9.05. The molecule has 3 rings (SSSR count). The van der Waals surface area contributed by atoms with Gasteiger partial charge in [0.25, 0.3) is 11.8 Å². The van der Waals surface area contributed by atoms with Crippen LogP contribution in [0.15, 0.2) is 47.1 Å². The molecule has 158 valence electrons. The maximum atomic E-state index is 12.8. The zero-order valence-corrected chi connectivity index (χ0v) is 17.1. The summed E-state index contributed by atoms with van der Waals surface area (Å²) in [5, 5.41) is 5.20. The van der Waals surface area contributed by atoms with Crippen molar-refractivity contribution in [1.82, 2.24) is 15.1 Å². The Morgan fingerprint density at radius 3 is 2.53 bits per heavy atom. The fourth-order valence-electron chi connectivity index (χ4n) is 3.34. The summed E-state index contributed by atoms with van der Waals surface area (Å²) >= 11 is 0. The topological polar surface area (TPSA) is 112 Å². The summed E-state index contributed by atoms with van der Waals surface area (Å²) in [6.07, 6.45) is 1.40. The standard InChI is InChI=1S/C21H24N4O5/c1-4-24(5-2)18(27)14-8-6-9-15(12-14)22-17(26)13-25-19(28)21(3,23-20(25)29)16-10-7-11-30-16/h6-12H,4-5,13H2,1-3H3,(H,22,26)(H,23,29). The van der Waals surface area contributed by atoms with Crippen molar-refractivity contribution in [2.24, 2.45) is 0 Å². The van der Waals surface area contributed by atoms with Crippen LogP contribution in [-0.4, -0.2) is 53.2 Å². The first-order valence-corrected chi connectivity index (χ1v) is 9.67. The second-order valence-electron chi connectivity index (χ2n) is 7.03. The van der Waals surface area contributed by atoms with Crippen molar-refractivity contribution in [2.75, 3.05) is 25.0 Å². The molecule has 1 atom stereocenters. The molecule has 2 N–H and O–H groups in total. The third-order valence-corrected chi connectivity index (χ3v) is 5.03. The number of amides is 5. The fraction of sp³-hybridized carbons (Fsp3) is 0.333. The van der Waals surface area contributed by atoms with Gasteiger partial charge in [0.05, 0.1) is 6.26 Å². The normalized spacial score (nSPS) is 18.3. The van der Waals surface area contributed by atoms with Crippen molar-refractivity contribution in [1.29, 1.82) is 0 Å². The summed E-state index contributed by atoms with van der Waals surface area (Å²) in [5.74, 6) is -0.997. The molecule has 30 heavy (non-hydrogen) atoms. The number of benzene rings is 1. The smallest absolute Gasteiger partial charge is 0.325 e. The highest BCUT2D eigenvalue weighted by molar-refractivity contribution is 6.10. The first-order valence-electron chi connectivity index (χ1n) is 9.67. The molecule has 2 aromatic rings. The second kappa shape index (κ2) is 8.40. The molecule has 0 radical (unpaired) electrons. The first-order chi connectivity index (χ1) is 14.3. The highest BCUT2D eigenvalue weighted by atomic mass is 16.3. The molecular formula is C21H24N4O5. The van der Waals surface area contributed by atoms with Crippen LogP contribution in [0.3, 0.4) is 0 Å². The number of hydrogen-bond donors (Lipinski definition) is 2. The number of nitrogens with zero attached hydrogens (tertiary/aromatic N) is 2. The van der Waals surface area contributed by atoms with Crippen LogP contribution >= 0.6 is 0 Å². The Labute approximate surface area is 174 Å². The van der Waals surface area contributed by atoms with Gasteiger partial charge in [-0.1, -0.05) is 6.07 Å². The minimum Gasteiger partial charge on any atom is -0.466 e. The summed E-state index contributed by atoms with van der Waals surface area (Å²) in [5.41, 5.74) is -0.521. The molecule has 2 heterocycles. The summed E-state index contributed by atoms with van der Waals surface area (Å²) in [6.45, 7) is 5.99. The van der Waals surface area contributed by atoms with E-state index in [1.54, 1.807) is 41.3 Å². The van der Waals surface area contributed by atoms with E-state index in [4.69, 9.17) is 4.42 Å². The van der Waals surface area contributed by atoms with Crippen LogP contribution in [0.1, 0.15) is 36.9 Å². The third-order valence-electron chi connectivity index (χ3n) is 5.03. The van der Waals surface area contributed by atoms with Crippen molar-refractivity contribution in [3.8, 4) is 0 Å². The third kappa shape index (κ3) is 3.91. The van der Waals surface area contributed by atoms with Crippen molar-refractivity contribution in [3.63, 3.8) is 0 Å². The van der Waals surface area contributed by atoms with Gasteiger partial charge in [-0.3, -0.25) is 19.3 Å². The number of furan rings is 1. The molecule has 0 bridgehead atoms. The van der Waals surface area contributed by atoms with Gasteiger partial charge in [0.15, 0.2) is 5.54 Å². The van der Waals surface area contributed by atoms with E-state index >= 15 is 0 Å². The van der Waals surface area contributed by atoms with Gasteiger partial charge in [-0.25, -0.2) is 4.79 Å². The molecule has 1 aliphatic rings. The molecule has 0 spiro atoms. The Morgan fingerprint density at radius 1 is 1.17 bits per heavy atom. The minimum absolute atomic E-state index is 0.139. The Balaban J connectivity index is 1.69. The highest BCUT2D eigenvalue weighted by Crippen LogP contribution is 2.29. The average molecular weight is 412 g/mol. The SMILES string of the molecule is CCN(CC)C(=O)c1cccc(NC(=O)CN2C(=O)NC(C)(c3ccco3)C2=O)c1. The maximum Gasteiger partial charge on any atom is 0.325 e. The first kappa shape index (κ1) is 21.1. The molecule has 9 heteroatoms. The van der Waals surface area contributed by atoms with E-state index in [1.165, 1.54) is 13.2 Å². The van der Waals surface area contributed by atoms with E-state index in [2.05, 4.69) is 10.6 Å². The average Bonchev–Trinajstić information content (AvgIpc) is 3.34. The van der Waals surface area contributed by atoms with E-state index in [-0.39, 0.29) is 11.7 Å². The van der Waals surface area contributed by atoms with Crippen LogP contribution in [0.5, 0.6) is 0 Å². The van der Waals surface area contributed by atoms with E-state index in [1.807, 2.05) is 13.8 Å². The largest absolute Gasteiger partial charge is 0.466 e. The summed E-state index contributed by atoms with van der Waals surface area (Å²) in [7, 11) is 0. The van der Waals surface area contributed by atoms with Crippen LogP contribution in [0.25, 0.3) is 0 Å². The number of hydrogen-bond acceptors (Lipinski definition) is 5. The number of rotatable bonds is 7. The fourth-order valence-corrected chi connectivity index (χ4v) is 3.34. The van der Waals surface area contributed by atoms with E-state index in [0.29, 0.717) is 24.3 Å². The van der Waals surface area contributed by atoms with Gasteiger partial charge in [0, 0.05) is 24.3 Å². The lowest BCUT2D eigenvalue weighted by Crippen LogP contribution is -2.41. The predicted octanol–water partition coefficient (Wildman–Crippen LogP) is 2.17. The minimum atomic E-state index is -1.36. The van der Waals surface area contributed by atoms with Crippen LogP contribution in [0, 0.1) is 0 Å². The number of carbonyl (C=O) groups excluding carboxylic acids is 4. The quantitative estimate of drug-likeness (QED) is 0.677. The number of anilines is 1. The second-order valence-corrected chi connectivity index (χ2v) is 7.03. The monoisotopic (exact) mass is 412 g/mol. The summed E-state index contributed by atoms with van der Waals surface area (Å²) < 4.78 is 5.26. The lowest BCUT2D eigenvalue weighted by atomic mass is 9.99. The molecule has 1 saturated heterocycles. The van der Waals surface area contributed by atoms with E-state index in [0.717, 1.165) is 4.90 Å². The van der Waals surface area contributed by atoms with Gasteiger partial charge < -0.3 is 20.0 Å². The number of urea groups is 1. The molecule has 1 aromatic heterocycles. The predicted molar refractivity (Wildman–Crippen MR) is 109 cm³/mol. The van der Waals surface area contributed by atoms with Crippen LogP contribution in [-0.2, 0) is 15.1 Å². The Kier molecular flexibility index (Phi) is 5.91. The van der Waals surface area contributed by atoms with E-state index in [9.17, 15) is 19.2 Å². The maximum absolute atomic E-state index is 12.8. The highest BCUT2D eigenvalue weighted by Gasteiger charge is 2.51. The Bertz CT molecular complexity index is 968. The zero-order valence-electron chi connectivity index (χ0n) is 17.1. The number of imide groups is 1. The van der Waals surface area contributed by atoms with Crippen molar-refractivity contribution in [2.45, 2.75) is 26.3 Å². The Hall–Kier alpha value is -3.62. The molecule has 1 aromatic carbocycles. The van der Waals surface area contributed by atoms with Gasteiger partial charge >= 0.3 is 6.03 Å². The molecule has 1 unspecified atom stereocenters. The van der Waals surface area contributed by atoms with Crippen LogP contribution < -0.4 is 10.6 Å². The van der Waals surface area contributed by atoms with Gasteiger partial charge in [0.2, 0.25) is 5.91 Å². The Morgan fingerprint density at radius 2 is 1.90 bits per heavy atom. The molecule has 1 fully saturated rings. The van der Waals surface area contributed by atoms with Crippen molar-refractivity contribution >= 4 is 29.4 Å². The van der Waals surface area contributed by atoms with E-state index < -0.39 is 29.9 Å². The zero-order chi connectivity index (χ0) is 21.9. The van der Waals surface area contributed by atoms with Crippen molar-refractivity contribution in [3.05, 3.63) is 54.0 Å². The number of nitrogens with one attached hydrogen (secondary N) is 2. The molecule has 5 amide bonds. The number of carbonyl (C=O) groups is 4. The molecular weight excluding hydrogens is 388 g/mol. The summed E-state index contributed by atoms with van der Waals surface area (Å²) in [4.78, 5) is 52.5. The van der Waals surface area contributed by atoms with Crippen LogP contribution in [0.4, 0.5) is 10.5 Å². The van der Waals surface area contributed by atoms with Crippen molar-refractivity contribution < 1.29 is 23.6 Å². The lowest BCUT2D eigenvalue weighted by Gasteiger charge is -2.19. The van der Waals surface area contributed by atoms with Gasteiger partial charge in [0.1, 0.15) is 12.3 Å². The van der Waals surface area contributed by atoms with Crippen LogP contribution in [0.2, 0.25) is 0 Å². The molecule has 1 aliphatic heterocycles. The molecule has 0 aliphatic carbocycles. The molecule has 9 nitrogen and oxygen atoms in total. The van der Waals surface area contributed by atoms with Gasteiger partial charge in [-0.05, 0) is 51.1 Å². The van der Waals surface area contributed by atoms with Gasteiger partial charge in [-0.2, -0.15) is 0 Å². The molecule has 0 saturated carbocycles. The van der Waals surface area contributed by atoms with Gasteiger partial charge in [-0.15, -0.1) is 0 Å².